The van der Waals surface area contributed by atoms with Gasteiger partial charge < -0.3 is 21.3 Å². The molecule has 2 aromatic rings. The van der Waals surface area contributed by atoms with Crippen LogP contribution in [0.1, 0.15) is 16.7 Å². The van der Waals surface area contributed by atoms with Gasteiger partial charge in [-0.05, 0) is 23.3 Å². The van der Waals surface area contributed by atoms with E-state index in [4.69, 9.17) is 0 Å². The zero-order chi connectivity index (χ0) is 20.9. The Hall–Kier alpha value is -3.07. The molecule has 0 aliphatic carbocycles. The molecule has 0 fully saturated rings. The smallest absolute Gasteiger partial charge is 0.419 e. The van der Waals surface area contributed by atoms with Crippen LogP contribution in [0.2, 0.25) is 0 Å². The number of phenolic OH excluding ortho intramolecular Hbond substituents is 1. The van der Waals surface area contributed by atoms with E-state index < -0.39 is 41.4 Å². The van der Waals surface area contributed by atoms with Crippen molar-refractivity contribution >= 4 is 11.9 Å². The molecule has 6 N–H and O–H groups in total. The Bertz CT molecular complexity index is 841. The molecule has 2 rings (SSSR count). The second-order valence-corrected chi connectivity index (χ2v) is 6.34. The Morgan fingerprint density at radius 2 is 1.68 bits per heavy atom. The molecule has 0 aliphatic heterocycles. The van der Waals surface area contributed by atoms with Crippen molar-refractivity contribution in [3.05, 3.63) is 65.2 Å². The van der Waals surface area contributed by atoms with Crippen LogP contribution >= 0.6 is 0 Å². The summed E-state index contributed by atoms with van der Waals surface area (Å²) in [5, 5.41) is 21.0. The molecular weight excluding hydrogens is 376 g/mol. The molecule has 1 amide bonds. The number of alkyl halides is 3. The van der Waals surface area contributed by atoms with Crippen molar-refractivity contribution in [2.45, 2.75) is 31.1 Å². The minimum Gasteiger partial charge on any atom is -0.507 e. The standard InChI is InChI=1S/C19H19F3N2O4/c20-19(21,22)13-8-12(6-7-16(13)25)10-15(18(27)28)24-17(26)14(23)9-11-4-2-1-3-5-11/h1-8,14-15,25H,9-10,23H2,(H,24,26)(H,27,28)/p+1/t14-,15-/m0/s1/i20-1. The van der Waals surface area contributed by atoms with Crippen molar-refractivity contribution in [1.82, 2.24) is 5.32 Å². The van der Waals surface area contributed by atoms with Gasteiger partial charge in [0.25, 0.3) is 5.91 Å². The molecule has 2 atom stereocenters. The lowest BCUT2D eigenvalue weighted by Gasteiger charge is -2.17. The minimum absolute atomic E-state index is 0.0153. The first-order valence-electron chi connectivity index (χ1n) is 8.37. The predicted molar refractivity (Wildman–Crippen MR) is 93.2 cm³/mol. The maximum atomic E-state index is 12.9. The van der Waals surface area contributed by atoms with Crippen molar-refractivity contribution in [2.75, 3.05) is 0 Å². The first-order valence-corrected chi connectivity index (χ1v) is 8.37. The van der Waals surface area contributed by atoms with Gasteiger partial charge in [0.15, 0.2) is 6.04 Å². The van der Waals surface area contributed by atoms with Crippen molar-refractivity contribution in [2.24, 2.45) is 0 Å². The largest absolute Gasteiger partial charge is 0.507 e. The van der Waals surface area contributed by atoms with Gasteiger partial charge in [0.05, 0.1) is 5.56 Å². The van der Waals surface area contributed by atoms with E-state index in [1.165, 1.54) is 6.07 Å². The number of carbonyl (C=O) groups excluding carboxylic acids is 1. The van der Waals surface area contributed by atoms with Gasteiger partial charge in [-0.1, -0.05) is 36.4 Å². The number of carboxylic acids is 1. The fourth-order valence-electron chi connectivity index (χ4n) is 2.65. The fourth-order valence-corrected chi connectivity index (χ4v) is 2.65. The van der Waals surface area contributed by atoms with Gasteiger partial charge in [-0.15, -0.1) is 0 Å². The van der Waals surface area contributed by atoms with Gasteiger partial charge in [0.2, 0.25) is 0 Å². The van der Waals surface area contributed by atoms with Crippen LogP contribution < -0.4 is 11.1 Å². The van der Waals surface area contributed by atoms with E-state index in [1.54, 1.807) is 24.3 Å². The number of halogens is 3. The number of carbonyl (C=O) groups is 2. The number of rotatable bonds is 7. The minimum atomic E-state index is -4.78. The van der Waals surface area contributed by atoms with Gasteiger partial charge in [0, 0.05) is 12.8 Å². The summed E-state index contributed by atoms with van der Waals surface area (Å²) in [6.07, 6.45) is -4.87. The van der Waals surface area contributed by atoms with E-state index in [9.17, 15) is 33.0 Å². The summed E-state index contributed by atoms with van der Waals surface area (Å²) in [6.45, 7) is 0. The normalized spacial score (nSPS) is 13.6. The second kappa shape index (κ2) is 8.75. The van der Waals surface area contributed by atoms with Crippen LogP contribution in [-0.2, 0) is 28.6 Å². The molecule has 0 spiro atoms. The fraction of sp³-hybridized carbons (Fsp3) is 0.263. The van der Waals surface area contributed by atoms with Gasteiger partial charge in [-0.3, -0.25) is 4.79 Å². The maximum absolute atomic E-state index is 12.9. The lowest BCUT2D eigenvalue weighted by molar-refractivity contribution is -0.403. The Kier molecular flexibility index (Phi) is 6.63. The highest BCUT2D eigenvalue weighted by molar-refractivity contribution is 5.86. The molecule has 6 nitrogen and oxygen atoms in total. The Balaban J connectivity index is 2.09. The highest BCUT2D eigenvalue weighted by Gasteiger charge is 2.34. The SMILES string of the molecule is [NH3+][C@@H](Cc1ccccc1)C(=O)N[C@@H](Cc1ccc(O)c(C(F)(F)[18F])c1)C(=O)O. The summed E-state index contributed by atoms with van der Waals surface area (Å²) in [7, 11) is 0. The quantitative estimate of drug-likeness (QED) is 0.566. The van der Waals surface area contributed by atoms with Gasteiger partial charge >= 0.3 is 12.1 Å². The van der Waals surface area contributed by atoms with Gasteiger partial charge in [0.1, 0.15) is 11.8 Å². The Morgan fingerprint density at radius 1 is 1.04 bits per heavy atom. The average molecular weight is 396 g/mol. The molecular formula is C19H20F3N2O4+. The van der Waals surface area contributed by atoms with Gasteiger partial charge in [-0.25, -0.2) is 4.79 Å². The molecule has 0 aromatic heterocycles. The molecule has 0 saturated carbocycles. The number of phenols is 1. The van der Waals surface area contributed by atoms with Crippen LogP contribution in [0.4, 0.5) is 13.2 Å². The van der Waals surface area contributed by atoms with Crippen molar-refractivity contribution in [3.8, 4) is 5.75 Å². The molecule has 0 heterocycles. The van der Waals surface area contributed by atoms with Crippen LogP contribution in [0.15, 0.2) is 48.5 Å². The molecule has 0 saturated heterocycles. The highest BCUT2D eigenvalue weighted by Crippen LogP contribution is 2.36. The third-order valence-corrected chi connectivity index (χ3v) is 4.12. The zero-order valence-electron chi connectivity index (χ0n) is 14.7. The summed E-state index contributed by atoms with van der Waals surface area (Å²) in [5.41, 5.74) is 3.32. The third-order valence-electron chi connectivity index (χ3n) is 4.12. The van der Waals surface area contributed by atoms with E-state index in [-0.39, 0.29) is 18.4 Å². The van der Waals surface area contributed by atoms with Crippen molar-refractivity contribution in [1.29, 1.82) is 0 Å². The topological polar surface area (TPSA) is 114 Å². The van der Waals surface area contributed by atoms with Crippen LogP contribution in [0.25, 0.3) is 0 Å². The van der Waals surface area contributed by atoms with E-state index >= 15 is 0 Å². The highest BCUT2D eigenvalue weighted by atomic mass is 19.3. The van der Waals surface area contributed by atoms with Crippen LogP contribution in [-0.4, -0.2) is 34.2 Å². The summed E-state index contributed by atoms with van der Waals surface area (Å²) in [5.74, 6) is -2.96. The molecule has 2 aromatic carbocycles. The number of nitrogens with one attached hydrogen (secondary N) is 1. The van der Waals surface area contributed by atoms with Gasteiger partial charge in [-0.2, -0.15) is 13.2 Å². The lowest BCUT2D eigenvalue weighted by atomic mass is 10.0. The molecule has 0 radical (unpaired) electrons. The second-order valence-electron chi connectivity index (χ2n) is 6.34. The maximum Gasteiger partial charge on any atom is 0.419 e. The molecule has 9 heteroatoms. The third kappa shape index (κ3) is 5.71. The molecule has 28 heavy (non-hydrogen) atoms. The number of hydrogen-bond donors (Lipinski definition) is 4. The van der Waals surface area contributed by atoms with Crippen LogP contribution in [0.5, 0.6) is 5.75 Å². The summed E-state index contributed by atoms with van der Waals surface area (Å²) in [6, 6.07) is 9.50. The van der Waals surface area contributed by atoms with Crippen LogP contribution in [0, 0.1) is 0 Å². The number of hydrogen-bond acceptors (Lipinski definition) is 3. The number of benzene rings is 2. The van der Waals surface area contributed by atoms with E-state index in [2.05, 4.69) is 11.1 Å². The monoisotopic (exact) mass is 396 g/mol. The van der Waals surface area contributed by atoms with E-state index in [1.807, 2.05) is 6.07 Å². The van der Waals surface area contributed by atoms with Crippen molar-refractivity contribution < 1.29 is 38.7 Å². The van der Waals surface area contributed by atoms with Crippen LogP contribution in [0.3, 0.4) is 0 Å². The summed E-state index contributed by atoms with van der Waals surface area (Å²) < 4.78 is 38.7. The Labute approximate surface area is 158 Å². The first kappa shape index (κ1) is 21.2. The Morgan fingerprint density at radius 3 is 2.25 bits per heavy atom. The first-order chi connectivity index (χ1) is 13.1. The number of aromatic hydroxyl groups is 1. The predicted octanol–water partition coefficient (Wildman–Crippen LogP) is 1.38. The van der Waals surface area contributed by atoms with E-state index in [0.717, 1.165) is 11.6 Å². The summed E-state index contributed by atoms with van der Waals surface area (Å²) in [4.78, 5) is 23.7. The molecule has 0 unspecified atom stereocenters. The summed E-state index contributed by atoms with van der Waals surface area (Å²) >= 11 is 0. The lowest BCUT2D eigenvalue weighted by Crippen LogP contribution is -2.69. The molecule has 0 aliphatic rings. The van der Waals surface area contributed by atoms with Crippen molar-refractivity contribution in [3.63, 3.8) is 0 Å². The molecule has 0 bridgehead atoms. The number of carboxylic acid groups (broad SMARTS) is 1. The molecule has 150 valence electrons. The number of quaternary nitrogens is 1. The number of aliphatic carboxylic acids is 1. The average Bonchev–Trinajstić information content (AvgIpc) is 2.62. The zero-order valence-corrected chi connectivity index (χ0v) is 14.7. The number of amides is 1. The van der Waals surface area contributed by atoms with E-state index in [0.29, 0.717) is 6.07 Å².